The lowest BCUT2D eigenvalue weighted by molar-refractivity contribution is 0.280. The van der Waals surface area contributed by atoms with Crippen molar-refractivity contribution in [1.29, 1.82) is 0 Å². The predicted octanol–water partition coefficient (Wildman–Crippen LogP) is 2.04. The lowest BCUT2D eigenvalue weighted by atomic mass is 10.1. The molecule has 0 amide bonds. The van der Waals surface area contributed by atoms with Crippen LogP contribution in [0.2, 0.25) is 0 Å². The van der Waals surface area contributed by atoms with Gasteiger partial charge < -0.3 is 5.32 Å². The highest BCUT2D eigenvalue weighted by Gasteiger charge is 2.11. The Bertz CT molecular complexity index is 343. The smallest absolute Gasteiger partial charge is 0.0237 e. The van der Waals surface area contributed by atoms with Gasteiger partial charge in [-0.05, 0) is 24.6 Å². The molecule has 2 heteroatoms. The molecule has 0 aliphatic carbocycles. The first kappa shape index (κ1) is 11.4. The predicted molar refractivity (Wildman–Crippen MR) is 68.3 cm³/mol. The normalized spacial score (nSPS) is 17.2. The van der Waals surface area contributed by atoms with Crippen LogP contribution in [-0.2, 0) is 6.54 Å². The van der Waals surface area contributed by atoms with E-state index < -0.39 is 0 Å². The molecular formula is C14H20N2. The maximum atomic E-state index is 3.23. The summed E-state index contributed by atoms with van der Waals surface area (Å²) in [6.07, 6.45) is 3.56. The first-order valence-electron chi connectivity index (χ1n) is 5.97. The molecule has 2 nitrogen and oxygen atoms in total. The second kappa shape index (κ2) is 5.83. The molecule has 1 aromatic carbocycles. The van der Waals surface area contributed by atoms with E-state index in [2.05, 4.69) is 46.6 Å². The van der Waals surface area contributed by atoms with E-state index in [0.717, 1.165) is 19.6 Å². The van der Waals surface area contributed by atoms with Crippen LogP contribution in [0.15, 0.2) is 42.0 Å². The Hall–Kier alpha value is -1.12. The minimum atomic E-state index is 1.02. The van der Waals surface area contributed by atoms with Crippen LogP contribution >= 0.6 is 0 Å². The van der Waals surface area contributed by atoms with Crippen molar-refractivity contribution in [2.75, 3.05) is 26.7 Å². The Kier molecular flexibility index (Phi) is 4.14. The largest absolute Gasteiger partial charge is 0.316 e. The molecule has 0 radical (unpaired) electrons. The number of hydrogen-bond acceptors (Lipinski definition) is 2. The van der Waals surface area contributed by atoms with E-state index in [9.17, 15) is 0 Å². The zero-order valence-corrected chi connectivity index (χ0v) is 9.95. The third kappa shape index (κ3) is 3.19. The molecule has 86 valence electrons. The van der Waals surface area contributed by atoms with Crippen LogP contribution in [0.5, 0.6) is 0 Å². The van der Waals surface area contributed by atoms with Gasteiger partial charge in [0.25, 0.3) is 0 Å². The zero-order valence-electron chi connectivity index (χ0n) is 9.95. The van der Waals surface area contributed by atoms with Gasteiger partial charge in [0, 0.05) is 26.2 Å². The summed E-state index contributed by atoms with van der Waals surface area (Å²) in [5.74, 6) is 0. The van der Waals surface area contributed by atoms with Crippen LogP contribution in [0, 0.1) is 0 Å². The quantitative estimate of drug-likeness (QED) is 0.775. The average Bonchev–Trinajstić information content (AvgIpc) is 2.31. The van der Waals surface area contributed by atoms with Crippen LogP contribution in [0.4, 0.5) is 0 Å². The van der Waals surface area contributed by atoms with E-state index in [-0.39, 0.29) is 0 Å². The fourth-order valence-corrected chi connectivity index (χ4v) is 2.21. The zero-order chi connectivity index (χ0) is 11.2. The molecule has 16 heavy (non-hydrogen) atoms. The van der Waals surface area contributed by atoms with Crippen LogP contribution in [-0.4, -0.2) is 31.6 Å². The highest BCUT2D eigenvalue weighted by atomic mass is 15.1. The van der Waals surface area contributed by atoms with E-state index in [1.807, 2.05) is 7.05 Å². The second-order valence-electron chi connectivity index (χ2n) is 4.38. The van der Waals surface area contributed by atoms with E-state index in [1.165, 1.54) is 24.1 Å². The van der Waals surface area contributed by atoms with Crippen molar-refractivity contribution in [1.82, 2.24) is 10.2 Å². The topological polar surface area (TPSA) is 15.3 Å². The van der Waals surface area contributed by atoms with Crippen LogP contribution in [0.25, 0.3) is 0 Å². The summed E-state index contributed by atoms with van der Waals surface area (Å²) in [6, 6.07) is 10.7. The monoisotopic (exact) mass is 216 g/mol. The van der Waals surface area contributed by atoms with Gasteiger partial charge in [-0.2, -0.15) is 0 Å². The van der Waals surface area contributed by atoms with Gasteiger partial charge in [-0.3, -0.25) is 4.90 Å². The summed E-state index contributed by atoms with van der Waals surface area (Å²) in [7, 11) is 2.01. The number of hydrogen-bond donors (Lipinski definition) is 1. The van der Waals surface area contributed by atoms with Crippen molar-refractivity contribution in [2.45, 2.75) is 13.0 Å². The molecule has 0 bridgehead atoms. The van der Waals surface area contributed by atoms with Crippen LogP contribution in [0.3, 0.4) is 0 Å². The number of rotatable bonds is 4. The summed E-state index contributed by atoms with van der Waals surface area (Å²) < 4.78 is 0. The molecular weight excluding hydrogens is 196 g/mol. The molecule has 0 saturated carbocycles. The Morgan fingerprint density at radius 3 is 2.81 bits per heavy atom. The van der Waals surface area contributed by atoms with Crippen LogP contribution < -0.4 is 5.32 Å². The van der Waals surface area contributed by atoms with Crippen molar-refractivity contribution in [3.63, 3.8) is 0 Å². The lowest BCUT2D eigenvalue weighted by Gasteiger charge is -2.27. The highest BCUT2D eigenvalue weighted by Crippen LogP contribution is 2.12. The lowest BCUT2D eigenvalue weighted by Crippen LogP contribution is -2.32. The maximum Gasteiger partial charge on any atom is 0.0237 e. The SMILES string of the molecule is CNCC1=CCCN(Cc2ccccc2)C1. The Balaban J connectivity index is 1.90. The minimum absolute atomic E-state index is 1.02. The van der Waals surface area contributed by atoms with Crippen LogP contribution in [0.1, 0.15) is 12.0 Å². The Morgan fingerprint density at radius 2 is 2.06 bits per heavy atom. The summed E-state index contributed by atoms with van der Waals surface area (Å²) in [5.41, 5.74) is 2.93. The van der Waals surface area contributed by atoms with Gasteiger partial charge >= 0.3 is 0 Å². The van der Waals surface area contributed by atoms with E-state index >= 15 is 0 Å². The van der Waals surface area contributed by atoms with Crippen molar-refractivity contribution < 1.29 is 0 Å². The molecule has 1 N–H and O–H groups in total. The molecule has 0 unspecified atom stereocenters. The molecule has 1 heterocycles. The molecule has 0 aromatic heterocycles. The van der Waals surface area contributed by atoms with Gasteiger partial charge in [-0.25, -0.2) is 0 Å². The number of nitrogens with zero attached hydrogens (tertiary/aromatic N) is 1. The number of nitrogens with one attached hydrogen (secondary N) is 1. The first-order chi connectivity index (χ1) is 7.88. The molecule has 0 saturated heterocycles. The minimum Gasteiger partial charge on any atom is -0.316 e. The Morgan fingerprint density at radius 1 is 1.25 bits per heavy atom. The van der Waals surface area contributed by atoms with Gasteiger partial charge in [0.2, 0.25) is 0 Å². The summed E-state index contributed by atoms with van der Waals surface area (Å²) >= 11 is 0. The standard InChI is InChI=1S/C14H20N2/c1-15-10-14-8-5-9-16(12-14)11-13-6-3-2-4-7-13/h2-4,6-8,15H,5,9-12H2,1H3. The second-order valence-corrected chi connectivity index (χ2v) is 4.38. The average molecular weight is 216 g/mol. The molecule has 1 aliphatic heterocycles. The molecule has 1 aromatic rings. The third-order valence-electron chi connectivity index (χ3n) is 2.96. The summed E-state index contributed by atoms with van der Waals surface area (Å²) in [5, 5.41) is 3.23. The summed E-state index contributed by atoms with van der Waals surface area (Å²) in [6.45, 7) is 4.38. The highest BCUT2D eigenvalue weighted by molar-refractivity contribution is 5.16. The van der Waals surface area contributed by atoms with Gasteiger partial charge in [-0.15, -0.1) is 0 Å². The molecule has 0 spiro atoms. The van der Waals surface area contributed by atoms with E-state index in [4.69, 9.17) is 0 Å². The number of likely N-dealkylation sites (N-methyl/N-ethyl adjacent to an activating group) is 1. The molecule has 0 fully saturated rings. The Labute approximate surface area is 98.0 Å². The third-order valence-corrected chi connectivity index (χ3v) is 2.96. The molecule has 0 atom stereocenters. The molecule has 2 rings (SSSR count). The van der Waals surface area contributed by atoms with Gasteiger partial charge in [0.15, 0.2) is 0 Å². The van der Waals surface area contributed by atoms with Gasteiger partial charge in [0.05, 0.1) is 0 Å². The summed E-state index contributed by atoms with van der Waals surface area (Å²) in [4.78, 5) is 2.52. The fourth-order valence-electron chi connectivity index (χ4n) is 2.21. The first-order valence-corrected chi connectivity index (χ1v) is 5.97. The maximum absolute atomic E-state index is 3.23. The van der Waals surface area contributed by atoms with Gasteiger partial charge in [0.1, 0.15) is 0 Å². The molecule has 1 aliphatic rings. The van der Waals surface area contributed by atoms with E-state index in [0.29, 0.717) is 0 Å². The van der Waals surface area contributed by atoms with Gasteiger partial charge in [-0.1, -0.05) is 36.4 Å². The van der Waals surface area contributed by atoms with Crippen molar-refractivity contribution >= 4 is 0 Å². The van der Waals surface area contributed by atoms with E-state index in [1.54, 1.807) is 0 Å². The van der Waals surface area contributed by atoms with Crippen molar-refractivity contribution in [3.05, 3.63) is 47.5 Å². The number of benzene rings is 1. The fraction of sp³-hybridized carbons (Fsp3) is 0.429. The van der Waals surface area contributed by atoms with Crippen molar-refractivity contribution in [2.24, 2.45) is 0 Å². The van der Waals surface area contributed by atoms with Crippen molar-refractivity contribution in [3.8, 4) is 0 Å².